The second-order valence-corrected chi connectivity index (χ2v) is 6.60. The molecule has 1 saturated carbocycles. The van der Waals surface area contributed by atoms with Crippen molar-refractivity contribution < 1.29 is 18.7 Å². The summed E-state index contributed by atoms with van der Waals surface area (Å²) in [6.45, 7) is 1.17. The molecule has 2 fully saturated rings. The average Bonchev–Trinajstić information content (AvgIpc) is 3.03. The number of fused-ring (bicyclic) bond motifs is 2. The average molecular weight is 346 g/mol. The fourth-order valence-corrected chi connectivity index (χ4v) is 4.05. The first-order valence-electron chi connectivity index (χ1n) is 8.33. The van der Waals surface area contributed by atoms with Crippen LogP contribution >= 0.6 is 0 Å². The van der Waals surface area contributed by atoms with Crippen LogP contribution in [0.5, 0.6) is 0 Å². The number of hydrogen-bond donors (Lipinski definition) is 2. The lowest BCUT2D eigenvalue weighted by atomic mass is 9.67. The molecular weight excluding hydrogens is 327 g/mol. The van der Waals surface area contributed by atoms with Crippen LogP contribution in [0.2, 0.25) is 0 Å². The van der Waals surface area contributed by atoms with Gasteiger partial charge in [-0.2, -0.15) is 0 Å². The van der Waals surface area contributed by atoms with Crippen LogP contribution in [0.3, 0.4) is 0 Å². The van der Waals surface area contributed by atoms with E-state index in [-0.39, 0.29) is 40.4 Å². The van der Waals surface area contributed by atoms with Crippen molar-refractivity contribution in [2.75, 3.05) is 20.3 Å². The summed E-state index contributed by atoms with van der Waals surface area (Å²) < 4.78 is 24.7. The van der Waals surface area contributed by atoms with E-state index in [1.165, 1.54) is 24.4 Å². The number of nitrogens with one attached hydrogen (secondary N) is 2. The molecule has 0 unspecified atom stereocenters. The molecule has 1 amide bonds. The number of carbonyl (C=O) groups is 1. The number of carbonyl (C=O) groups excluding carboxylic acids is 1. The Hall–Kier alpha value is -2.25. The summed E-state index contributed by atoms with van der Waals surface area (Å²) in [5.74, 6) is -0.643. The van der Waals surface area contributed by atoms with Crippen LogP contribution in [-0.2, 0) is 9.47 Å². The highest BCUT2D eigenvalue weighted by atomic mass is 19.1. The number of aromatic nitrogens is 1. The van der Waals surface area contributed by atoms with Crippen molar-refractivity contribution in [3.05, 3.63) is 46.0 Å². The summed E-state index contributed by atoms with van der Waals surface area (Å²) >= 11 is 0. The lowest BCUT2D eigenvalue weighted by Gasteiger charge is -2.47. The molecule has 132 valence electrons. The molecular formula is C18H19FN2O4. The van der Waals surface area contributed by atoms with Crippen molar-refractivity contribution in [3.8, 4) is 0 Å². The second-order valence-electron chi connectivity index (χ2n) is 6.60. The number of H-pyrrole nitrogens is 1. The minimum Gasteiger partial charge on any atom is -0.384 e. The SMILES string of the molecule is COC[C@H]1[C@@H](NC(=O)c2c[nH]c3c(F)cccc3c2=O)[C@H]2CCO[C@H]21. The maximum absolute atomic E-state index is 13.8. The summed E-state index contributed by atoms with van der Waals surface area (Å²) in [5.41, 5.74) is -0.390. The maximum Gasteiger partial charge on any atom is 0.257 e. The van der Waals surface area contributed by atoms with E-state index < -0.39 is 17.2 Å². The summed E-state index contributed by atoms with van der Waals surface area (Å²) in [4.78, 5) is 27.9. The normalized spacial score (nSPS) is 27.8. The van der Waals surface area contributed by atoms with E-state index in [2.05, 4.69) is 10.3 Å². The number of halogens is 1. The van der Waals surface area contributed by atoms with E-state index in [9.17, 15) is 14.0 Å². The first-order valence-corrected chi connectivity index (χ1v) is 8.33. The predicted molar refractivity (Wildman–Crippen MR) is 89.0 cm³/mol. The van der Waals surface area contributed by atoms with Gasteiger partial charge >= 0.3 is 0 Å². The third-order valence-corrected chi connectivity index (χ3v) is 5.29. The number of pyridine rings is 1. The van der Waals surface area contributed by atoms with E-state index >= 15 is 0 Å². The van der Waals surface area contributed by atoms with E-state index in [1.807, 2.05) is 0 Å². The molecule has 1 aliphatic heterocycles. The molecule has 25 heavy (non-hydrogen) atoms. The Bertz CT molecular complexity index is 881. The van der Waals surface area contributed by atoms with Gasteiger partial charge in [0.2, 0.25) is 5.43 Å². The highest BCUT2D eigenvalue weighted by Gasteiger charge is 2.54. The zero-order valence-corrected chi connectivity index (χ0v) is 13.8. The van der Waals surface area contributed by atoms with Crippen LogP contribution in [-0.4, -0.2) is 43.4 Å². The number of hydrogen-bond acceptors (Lipinski definition) is 4. The first kappa shape index (κ1) is 16.2. The molecule has 2 N–H and O–H groups in total. The Morgan fingerprint density at radius 2 is 2.32 bits per heavy atom. The van der Waals surface area contributed by atoms with Gasteiger partial charge in [-0.15, -0.1) is 0 Å². The molecule has 1 aromatic carbocycles. The molecule has 2 aliphatic rings. The summed E-state index contributed by atoms with van der Waals surface area (Å²) in [6, 6.07) is 4.14. The maximum atomic E-state index is 13.8. The molecule has 0 spiro atoms. The minimum absolute atomic E-state index is 0.0170. The van der Waals surface area contributed by atoms with Crippen molar-refractivity contribution in [1.29, 1.82) is 0 Å². The molecule has 1 aliphatic carbocycles. The fourth-order valence-electron chi connectivity index (χ4n) is 4.05. The summed E-state index contributed by atoms with van der Waals surface area (Å²) in [7, 11) is 1.61. The standard InChI is InChI=1S/C18H19FN2O4/c1-24-8-12-14(10-5-6-25-17(10)12)21-18(23)11-7-20-15-9(16(11)22)3-2-4-13(15)19/h2-4,7,10,12,14,17H,5-6,8H2,1H3,(H,20,22)(H,21,23)/t10-,12+,14+,17-/m1/s1. The molecule has 1 saturated heterocycles. The third kappa shape index (κ3) is 2.54. The van der Waals surface area contributed by atoms with Crippen LogP contribution in [0.1, 0.15) is 16.8 Å². The summed E-state index contributed by atoms with van der Waals surface area (Å²) in [5, 5.41) is 3.11. The van der Waals surface area contributed by atoms with Gasteiger partial charge in [-0.3, -0.25) is 9.59 Å². The first-order chi connectivity index (χ1) is 12.1. The number of benzene rings is 1. The number of aromatic amines is 1. The molecule has 1 aromatic heterocycles. The third-order valence-electron chi connectivity index (χ3n) is 5.29. The van der Waals surface area contributed by atoms with Gasteiger partial charge < -0.3 is 19.8 Å². The molecule has 0 radical (unpaired) electrons. The van der Waals surface area contributed by atoms with E-state index in [4.69, 9.17) is 9.47 Å². The molecule has 2 heterocycles. The van der Waals surface area contributed by atoms with Gasteiger partial charge in [0, 0.05) is 43.2 Å². The predicted octanol–water partition coefficient (Wildman–Crippen LogP) is 1.45. The number of amides is 1. The Morgan fingerprint density at radius 1 is 1.48 bits per heavy atom. The number of rotatable bonds is 4. The number of methoxy groups -OCH3 is 1. The van der Waals surface area contributed by atoms with Gasteiger partial charge in [-0.05, 0) is 18.6 Å². The highest BCUT2D eigenvalue weighted by molar-refractivity contribution is 5.97. The fraction of sp³-hybridized carbons (Fsp3) is 0.444. The summed E-state index contributed by atoms with van der Waals surface area (Å²) in [6.07, 6.45) is 2.26. The van der Waals surface area contributed by atoms with Crippen LogP contribution in [0.15, 0.2) is 29.2 Å². The molecule has 4 rings (SSSR count). The number of ether oxygens (including phenoxy) is 2. The minimum atomic E-state index is -0.522. The van der Waals surface area contributed by atoms with E-state index in [0.29, 0.717) is 13.2 Å². The molecule has 0 bridgehead atoms. The number of para-hydroxylation sites is 1. The zero-order valence-electron chi connectivity index (χ0n) is 13.8. The van der Waals surface area contributed by atoms with Gasteiger partial charge in [0.05, 0.1) is 18.2 Å². The van der Waals surface area contributed by atoms with Gasteiger partial charge in [0.25, 0.3) is 5.91 Å². The lowest BCUT2D eigenvalue weighted by molar-refractivity contribution is -0.0809. The van der Waals surface area contributed by atoms with Crippen LogP contribution in [0.25, 0.3) is 10.9 Å². The van der Waals surface area contributed by atoms with Crippen molar-refractivity contribution in [3.63, 3.8) is 0 Å². The quantitative estimate of drug-likeness (QED) is 0.878. The molecule has 6 nitrogen and oxygen atoms in total. The molecule has 4 atom stereocenters. The van der Waals surface area contributed by atoms with E-state index in [0.717, 1.165) is 6.42 Å². The van der Waals surface area contributed by atoms with Gasteiger partial charge in [-0.25, -0.2) is 4.39 Å². The van der Waals surface area contributed by atoms with Crippen LogP contribution < -0.4 is 10.7 Å². The Morgan fingerprint density at radius 3 is 3.12 bits per heavy atom. The monoisotopic (exact) mass is 346 g/mol. The van der Waals surface area contributed by atoms with Crippen LogP contribution in [0.4, 0.5) is 4.39 Å². The highest BCUT2D eigenvalue weighted by Crippen LogP contribution is 2.43. The van der Waals surface area contributed by atoms with Crippen LogP contribution in [0, 0.1) is 17.7 Å². The van der Waals surface area contributed by atoms with Crippen molar-refractivity contribution in [2.24, 2.45) is 11.8 Å². The van der Waals surface area contributed by atoms with Crippen molar-refractivity contribution >= 4 is 16.8 Å². The van der Waals surface area contributed by atoms with Gasteiger partial charge in [-0.1, -0.05) is 6.07 Å². The Kier molecular flexibility index (Phi) is 4.05. The van der Waals surface area contributed by atoms with Gasteiger partial charge in [0.1, 0.15) is 11.4 Å². The van der Waals surface area contributed by atoms with Crippen molar-refractivity contribution in [1.82, 2.24) is 10.3 Å². The largest absolute Gasteiger partial charge is 0.384 e. The molecule has 2 aromatic rings. The van der Waals surface area contributed by atoms with Gasteiger partial charge in [0.15, 0.2) is 0 Å². The smallest absolute Gasteiger partial charge is 0.257 e. The molecule has 7 heteroatoms. The zero-order chi connectivity index (χ0) is 17.6. The lowest BCUT2D eigenvalue weighted by Crippen LogP contribution is -2.63. The topological polar surface area (TPSA) is 80.4 Å². The van der Waals surface area contributed by atoms with Crippen molar-refractivity contribution in [2.45, 2.75) is 18.6 Å². The van der Waals surface area contributed by atoms with E-state index in [1.54, 1.807) is 7.11 Å². The Balaban J connectivity index is 1.60. The second kappa shape index (κ2) is 6.24. The Labute approximate surface area is 143 Å².